The lowest BCUT2D eigenvalue weighted by atomic mass is 9.74. The van der Waals surface area contributed by atoms with Gasteiger partial charge in [0.1, 0.15) is 11.6 Å². The summed E-state index contributed by atoms with van der Waals surface area (Å²) >= 11 is 0. The monoisotopic (exact) mass is 525 g/mol. The number of aromatic amines is 1. The van der Waals surface area contributed by atoms with Crippen molar-refractivity contribution in [1.82, 2.24) is 15.1 Å². The van der Waals surface area contributed by atoms with Crippen molar-refractivity contribution >= 4 is 16.5 Å². The largest absolute Gasteiger partial charge is 0.380 e. The fraction of sp³-hybridized carbons (Fsp3) is 0.464. The van der Waals surface area contributed by atoms with Crippen molar-refractivity contribution in [3.05, 3.63) is 69.1 Å². The summed E-state index contributed by atoms with van der Waals surface area (Å²) in [5.41, 5.74) is 0.907. The van der Waals surface area contributed by atoms with E-state index in [1.165, 1.54) is 12.1 Å². The molecule has 2 aliphatic heterocycles. The summed E-state index contributed by atoms with van der Waals surface area (Å²) in [4.78, 5) is 14.8. The Bertz CT molecular complexity index is 1480. The second-order valence-corrected chi connectivity index (χ2v) is 10.8. The van der Waals surface area contributed by atoms with Gasteiger partial charge in [-0.3, -0.25) is 4.79 Å². The number of nitrogens with one attached hydrogen (secondary N) is 2. The molecule has 2 fully saturated rings. The highest BCUT2D eigenvalue weighted by Crippen LogP contribution is 2.45. The van der Waals surface area contributed by atoms with Crippen LogP contribution in [0, 0.1) is 28.9 Å². The van der Waals surface area contributed by atoms with E-state index in [4.69, 9.17) is 0 Å². The van der Waals surface area contributed by atoms with Crippen molar-refractivity contribution < 1.29 is 17.6 Å². The summed E-state index contributed by atoms with van der Waals surface area (Å²) in [7, 11) is 0. The fourth-order valence-electron chi connectivity index (χ4n) is 6.67. The first kappa shape index (κ1) is 24.9. The molecule has 3 aromatic rings. The molecule has 0 amide bonds. The van der Waals surface area contributed by atoms with E-state index in [0.29, 0.717) is 35.2 Å². The molecular weight excluding hydrogens is 498 g/mol. The minimum atomic E-state index is -2.57. The third-order valence-corrected chi connectivity index (χ3v) is 8.61. The first-order chi connectivity index (χ1) is 18.2. The first-order valence-electron chi connectivity index (χ1n) is 13.0. The first-order valence-corrected chi connectivity index (χ1v) is 13.0. The van der Waals surface area contributed by atoms with Gasteiger partial charge in [-0.15, -0.1) is 0 Å². The van der Waals surface area contributed by atoms with Crippen LogP contribution in [0.5, 0.6) is 0 Å². The number of nitrogens with zero attached hydrogens (tertiary/aromatic N) is 3. The molecule has 1 aliphatic carbocycles. The number of nitriles is 1. The van der Waals surface area contributed by atoms with Crippen LogP contribution in [0.25, 0.3) is 10.8 Å². The SMILES string of the molecule is N#Cc1ccc([C@H]2c3n[nH]c(=O)c4cc(F)cc(c34)N[C@@H]2C2CCN(C3CCC(F)(F)CC3)CC2)c(F)c1. The van der Waals surface area contributed by atoms with Crippen molar-refractivity contribution in [3.63, 3.8) is 0 Å². The van der Waals surface area contributed by atoms with Crippen molar-refractivity contribution in [3.8, 4) is 6.07 Å². The second-order valence-electron chi connectivity index (χ2n) is 10.8. The molecule has 3 aliphatic rings. The van der Waals surface area contributed by atoms with Gasteiger partial charge in [0.25, 0.3) is 5.56 Å². The molecule has 1 saturated heterocycles. The molecule has 1 aromatic heterocycles. The van der Waals surface area contributed by atoms with Gasteiger partial charge in [-0.1, -0.05) is 6.07 Å². The van der Waals surface area contributed by atoms with Crippen molar-refractivity contribution in [1.29, 1.82) is 5.26 Å². The van der Waals surface area contributed by atoms with Crippen molar-refractivity contribution in [2.45, 2.75) is 62.4 Å². The third-order valence-electron chi connectivity index (χ3n) is 8.61. The van der Waals surface area contributed by atoms with Crippen LogP contribution in [0.4, 0.5) is 23.2 Å². The Balaban J connectivity index is 1.35. The van der Waals surface area contributed by atoms with Gasteiger partial charge in [0.15, 0.2) is 0 Å². The molecule has 38 heavy (non-hydrogen) atoms. The van der Waals surface area contributed by atoms with E-state index in [0.717, 1.165) is 32.0 Å². The number of benzene rings is 2. The van der Waals surface area contributed by atoms with Crippen LogP contribution in [0.2, 0.25) is 0 Å². The Kier molecular flexibility index (Phi) is 6.14. The number of piperidine rings is 1. The fourth-order valence-corrected chi connectivity index (χ4v) is 6.67. The van der Waals surface area contributed by atoms with Crippen LogP contribution >= 0.6 is 0 Å². The summed E-state index contributed by atoms with van der Waals surface area (Å²) in [5.74, 6) is -4.22. The van der Waals surface area contributed by atoms with E-state index in [2.05, 4.69) is 20.4 Å². The molecule has 0 radical (unpaired) electrons. The summed E-state index contributed by atoms with van der Waals surface area (Å²) in [5, 5.41) is 20.1. The van der Waals surface area contributed by atoms with Crippen LogP contribution in [-0.4, -0.2) is 46.2 Å². The van der Waals surface area contributed by atoms with Gasteiger partial charge in [-0.25, -0.2) is 22.7 Å². The maximum Gasteiger partial charge on any atom is 0.272 e. The molecule has 1 saturated carbocycles. The highest BCUT2D eigenvalue weighted by Gasteiger charge is 2.42. The Morgan fingerprint density at radius 2 is 1.79 bits per heavy atom. The van der Waals surface area contributed by atoms with Crippen LogP contribution in [0.1, 0.15) is 61.3 Å². The second kappa shape index (κ2) is 9.38. The number of likely N-dealkylation sites (tertiary alicyclic amines) is 1. The Morgan fingerprint density at radius 1 is 1.05 bits per heavy atom. The van der Waals surface area contributed by atoms with Gasteiger partial charge in [-0.05, 0) is 74.5 Å². The number of rotatable bonds is 3. The van der Waals surface area contributed by atoms with Crippen molar-refractivity contribution in [2.75, 3.05) is 18.4 Å². The lowest BCUT2D eigenvalue weighted by molar-refractivity contribution is -0.0570. The lowest BCUT2D eigenvalue weighted by Gasteiger charge is -2.45. The van der Waals surface area contributed by atoms with Crippen LogP contribution in [0.3, 0.4) is 0 Å². The molecule has 0 bridgehead atoms. The highest BCUT2D eigenvalue weighted by molar-refractivity contribution is 5.97. The van der Waals surface area contributed by atoms with Gasteiger partial charge in [0.05, 0.1) is 28.6 Å². The molecule has 10 heteroatoms. The van der Waals surface area contributed by atoms with E-state index >= 15 is 4.39 Å². The normalized spacial score (nSPS) is 24.2. The number of alkyl halides is 2. The molecule has 2 aromatic carbocycles. The molecular formula is C28H27F4N5O. The van der Waals surface area contributed by atoms with Gasteiger partial charge < -0.3 is 10.2 Å². The van der Waals surface area contributed by atoms with Crippen molar-refractivity contribution in [2.24, 2.45) is 5.92 Å². The lowest BCUT2D eigenvalue weighted by Crippen LogP contribution is -2.49. The van der Waals surface area contributed by atoms with E-state index in [1.54, 1.807) is 12.1 Å². The molecule has 2 N–H and O–H groups in total. The number of halogens is 4. The summed E-state index contributed by atoms with van der Waals surface area (Å²) in [6, 6.07) is 8.55. The molecule has 3 heterocycles. The number of hydrogen-bond donors (Lipinski definition) is 2. The quantitative estimate of drug-likeness (QED) is 0.454. The average Bonchev–Trinajstić information content (AvgIpc) is 2.90. The Morgan fingerprint density at radius 3 is 2.47 bits per heavy atom. The maximum atomic E-state index is 15.4. The van der Waals surface area contributed by atoms with Gasteiger partial charge >= 0.3 is 0 Å². The number of anilines is 1. The zero-order valence-electron chi connectivity index (χ0n) is 20.6. The summed E-state index contributed by atoms with van der Waals surface area (Å²) < 4.78 is 57.3. The molecule has 6 nitrogen and oxygen atoms in total. The van der Waals surface area contributed by atoms with E-state index in [9.17, 15) is 23.2 Å². The van der Waals surface area contributed by atoms with Gasteiger partial charge in [-0.2, -0.15) is 10.4 Å². The predicted octanol–water partition coefficient (Wildman–Crippen LogP) is 5.29. The van der Waals surface area contributed by atoms with Crippen LogP contribution in [0.15, 0.2) is 35.1 Å². The maximum absolute atomic E-state index is 15.4. The minimum Gasteiger partial charge on any atom is -0.380 e. The smallest absolute Gasteiger partial charge is 0.272 e. The average molecular weight is 526 g/mol. The summed E-state index contributed by atoms with van der Waals surface area (Å²) in [6.45, 7) is 1.46. The van der Waals surface area contributed by atoms with Crippen LogP contribution < -0.4 is 10.9 Å². The van der Waals surface area contributed by atoms with Gasteiger partial charge in [0, 0.05) is 36.0 Å². The third kappa shape index (κ3) is 4.33. The number of hydrogen-bond acceptors (Lipinski definition) is 5. The minimum absolute atomic E-state index is 0.0523. The predicted molar refractivity (Wildman–Crippen MR) is 134 cm³/mol. The highest BCUT2D eigenvalue weighted by atomic mass is 19.3. The van der Waals surface area contributed by atoms with Gasteiger partial charge in [0.2, 0.25) is 5.92 Å². The topological polar surface area (TPSA) is 84.8 Å². The molecule has 0 unspecified atom stereocenters. The number of H-pyrrole nitrogens is 1. The zero-order chi connectivity index (χ0) is 26.6. The molecule has 0 spiro atoms. The zero-order valence-corrected chi connectivity index (χ0v) is 20.6. The van der Waals surface area contributed by atoms with Crippen LogP contribution in [-0.2, 0) is 0 Å². The summed E-state index contributed by atoms with van der Waals surface area (Å²) in [6.07, 6.45) is 2.27. The molecule has 198 valence electrons. The Hall–Kier alpha value is -3.45. The molecule has 6 rings (SSSR count). The number of aromatic nitrogens is 2. The molecule has 2 atom stereocenters. The van der Waals surface area contributed by atoms with E-state index in [1.807, 2.05) is 6.07 Å². The Labute approximate surface area is 216 Å². The van der Waals surface area contributed by atoms with E-state index in [-0.39, 0.29) is 41.8 Å². The van der Waals surface area contributed by atoms with E-state index < -0.39 is 29.0 Å². The standard InChI is InChI=1S/C28H27F4N5O/c29-17-12-20-23-22(13-17)34-25(16-5-9-37(10-6-16)18-3-7-28(31,32)8-4-18)24(26(23)35-36-27(20)38)19-2-1-15(14-33)11-21(19)30/h1-2,11-13,16,18,24-25,34H,3-10H2,(H,36,38)/t24-,25-/m1/s1.